The summed E-state index contributed by atoms with van der Waals surface area (Å²) in [5, 5.41) is 3.65. The summed E-state index contributed by atoms with van der Waals surface area (Å²) in [6, 6.07) is 14.6. The Labute approximate surface area is 164 Å². The summed E-state index contributed by atoms with van der Waals surface area (Å²) >= 11 is 6.08. The highest BCUT2D eigenvalue weighted by Gasteiger charge is 2.25. The molecule has 1 saturated heterocycles. The Morgan fingerprint density at radius 2 is 1.74 bits per heavy atom. The zero-order valence-electron chi connectivity index (χ0n) is 15.6. The van der Waals surface area contributed by atoms with Gasteiger partial charge in [0.15, 0.2) is 5.78 Å². The van der Waals surface area contributed by atoms with Gasteiger partial charge in [-0.2, -0.15) is 0 Å². The Kier molecular flexibility index (Phi) is 6.14. The molecule has 0 aromatic heterocycles. The molecule has 0 aliphatic carbocycles. The van der Waals surface area contributed by atoms with Crippen LogP contribution in [0.3, 0.4) is 0 Å². The number of nitrogens with one attached hydrogen (secondary N) is 1. The maximum atomic E-state index is 12.6. The van der Waals surface area contributed by atoms with Gasteiger partial charge >= 0.3 is 0 Å². The highest BCUT2D eigenvalue weighted by Crippen LogP contribution is 2.21. The van der Waals surface area contributed by atoms with Crippen molar-refractivity contribution in [1.29, 1.82) is 0 Å². The molecular weight excluding hydrogens is 362 g/mol. The quantitative estimate of drug-likeness (QED) is 0.797. The molecule has 1 aliphatic heterocycles. The molecule has 6 heteroatoms. The van der Waals surface area contributed by atoms with E-state index in [-0.39, 0.29) is 17.7 Å². The van der Waals surface area contributed by atoms with Crippen molar-refractivity contribution in [2.75, 3.05) is 36.4 Å². The van der Waals surface area contributed by atoms with Gasteiger partial charge in [0.2, 0.25) is 5.91 Å². The number of carbonyl (C=O) groups excluding carboxylic acids is 2. The molecule has 1 atom stereocenters. The number of benzene rings is 2. The molecule has 1 fully saturated rings. The predicted octanol–water partition coefficient (Wildman–Crippen LogP) is 3.69. The van der Waals surface area contributed by atoms with Gasteiger partial charge in [-0.15, -0.1) is 0 Å². The zero-order chi connectivity index (χ0) is 19.4. The first kappa shape index (κ1) is 19.4. The molecule has 0 unspecified atom stereocenters. The monoisotopic (exact) mass is 385 g/mol. The largest absolute Gasteiger partial charge is 0.369 e. The summed E-state index contributed by atoms with van der Waals surface area (Å²) in [5.41, 5.74) is 2.35. The maximum Gasteiger partial charge on any atom is 0.241 e. The number of rotatable bonds is 5. The molecule has 0 radical (unpaired) electrons. The van der Waals surface area contributed by atoms with Gasteiger partial charge in [0, 0.05) is 48.1 Å². The van der Waals surface area contributed by atoms with E-state index in [4.69, 9.17) is 11.6 Å². The summed E-state index contributed by atoms with van der Waals surface area (Å²) in [7, 11) is 0. The third-order valence-electron chi connectivity index (χ3n) is 4.95. The summed E-state index contributed by atoms with van der Waals surface area (Å²) in [6.45, 7) is 6.72. The molecule has 1 aliphatic rings. The van der Waals surface area contributed by atoms with Crippen molar-refractivity contribution in [3.8, 4) is 0 Å². The third-order valence-corrected chi connectivity index (χ3v) is 5.19. The number of hydrogen-bond acceptors (Lipinski definition) is 4. The lowest BCUT2D eigenvalue weighted by molar-refractivity contribution is -0.120. The smallest absolute Gasteiger partial charge is 0.241 e. The standard InChI is InChI=1S/C21H24ClN3O2/c1-15(21(27)23-19-7-3-5-17(13-19)16(2)26)24-9-11-25(12-10-24)20-8-4-6-18(22)14-20/h3-8,13-15H,9-12H2,1-2H3,(H,23,27)/t15-/m1/s1. The van der Waals surface area contributed by atoms with Crippen molar-refractivity contribution in [2.24, 2.45) is 0 Å². The Morgan fingerprint density at radius 1 is 1.04 bits per heavy atom. The van der Waals surface area contributed by atoms with Gasteiger partial charge in [0.25, 0.3) is 0 Å². The van der Waals surface area contributed by atoms with Crippen molar-refractivity contribution in [1.82, 2.24) is 4.90 Å². The predicted molar refractivity (Wildman–Crippen MR) is 110 cm³/mol. The van der Waals surface area contributed by atoms with E-state index in [9.17, 15) is 9.59 Å². The molecule has 0 bridgehead atoms. The van der Waals surface area contributed by atoms with Crippen LogP contribution in [0.2, 0.25) is 5.02 Å². The summed E-state index contributed by atoms with van der Waals surface area (Å²) < 4.78 is 0. The molecule has 0 spiro atoms. The number of nitrogens with zero attached hydrogens (tertiary/aromatic N) is 2. The molecule has 0 saturated carbocycles. The lowest BCUT2D eigenvalue weighted by atomic mass is 10.1. The van der Waals surface area contributed by atoms with E-state index in [2.05, 4.69) is 21.2 Å². The first-order valence-corrected chi connectivity index (χ1v) is 9.48. The minimum atomic E-state index is -0.243. The van der Waals surface area contributed by atoms with Gasteiger partial charge < -0.3 is 10.2 Å². The van der Waals surface area contributed by atoms with Crippen molar-refractivity contribution in [3.05, 3.63) is 59.1 Å². The minimum absolute atomic E-state index is 0.0173. The SMILES string of the molecule is CC(=O)c1cccc(NC(=O)[C@@H](C)N2CCN(c3cccc(Cl)c3)CC2)c1. The van der Waals surface area contributed by atoms with E-state index in [1.807, 2.05) is 25.1 Å². The summed E-state index contributed by atoms with van der Waals surface area (Å²) in [6.07, 6.45) is 0. The zero-order valence-corrected chi connectivity index (χ0v) is 16.4. The van der Waals surface area contributed by atoms with E-state index in [1.54, 1.807) is 24.3 Å². The van der Waals surface area contributed by atoms with E-state index < -0.39 is 0 Å². The molecule has 1 heterocycles. The number of halogens is 1. The van der Waals surface area contributed by atoms with Gasteiger partial charge in [-0.25, -0.2) is 0 Å². The van der Waals surface area contributed by atoms with Crippen LogP contribution in [-0.4, -0.2) is 48.8 Å². The molecule has 2 aromatic carbocycles. The van der Waals surface area contributed by atoms with E-state index in [0.717, 1.165) is 36.9 Å². The lowest BCUT2D eigenvalue weighted by Crippen LogP contribution is -2.52. The second-order valence-corrected chi connectivity index (χ2v) is 7.24. The number of amides is 1. The van der Waals surface area contributed by atoms with Gasteiger partial charge in [0.1, 0.15) is 0 Å². The van der Waals surface area contributed by atoms with Crippen LogP contribution in [0.25, 0.3) is 0 Å². The lowest BCUT2D eigenvalue weighted by Gasteiger charge is -2.38. The normalized spacial score (nSPS) is 16.0. The van der Waals surface area contributed by atoms with Gasteiger partial charge in [-0.3, -0.25) is 14.5 Å². The van der Waals surface area contributed by atoms with Crippen LogP contribution < -0.4 is 10.2 Å². The van der Waals surface area contributed by atoms with Crippen molar-refractivity contribution < 1.29 is 9.59 Å². The molecule has 27 heavy (non-hydrogen) atoms. The van der Waals surface area contributed by atoms with Crippen LogP contribution in [0.1, 0.15) is 24.2 Å². The summed E-state index contributed by atoms with van der Waals surface area (Å²) in [5.74, 6) is -0.0804. The van der Waals surface area contributed by atoms with Gasteiger partial charge in [-0.1, -0.05) is 29.8 Å². The fraction of sp³-hybridized carbons (Fsp3) is 0.333. The van der Waals surface area contributed by atoms with Crippen molar-refractivity contribution in [2.45, 2.75) is 19.9 Å². The molecular formula is C21H24ClN3O2. The molecule has 142 valence electrons. The Morgan fingerprint density at radius 3 is 2.41 bits per heavy atom. The van der Waals surface area contributed by atoms with Crippen LogP contribution in [0.15, 0.2) is 48.5 Å². The summed E-state index contributed by atoms with van der Waals surface area (Å²) in [4.78, 5) is 28.6. The number of hydrogen-bond donors (Lipinski definition) is 1. The molecule has 2 aromatic rings. The van der Waals surface area contributed by atoms with Crippen LogP contribution in [0, 0.1) is 0 Å². The fourth-order valence-corrected chi connectivity index (χ4v) is 3.45. The molecule has 1 amide bonds. The van der Waals surface area contributed by atoms with Crippen LogP contribution in [0.5, 0.6) is 0 Å². The maximum absolute atomic E-state index is 12.6. The average Bonchev–Trinajstić information content (AvgIpc) is 2.67. The topological polar surface area (TPSA) is 52.7 Å². The Bertz CT molecular complexity index is 832. The molecule has 5 nitrogen and oxygen atoms in total. The number of anilines is 2. The van der Waals surface area contributed by atoms with Crippen LogP contribution >= 0.6 is 11.6 Å². The highest BCUT2D eigenvalue weighted by atomic mass is 35.5. The number of piperazine rings is 1. The second kappa shape index (κ2) is 8.55. The second-order valence-electron chi connectivity index (χ2n) is 6.81. The number of carbonyl (C=O) groups is 2. The van der Waals surface area contributed by atoms with Crippen molar-refractivity contribution >= 4 is 34.7 Å². The highest BCUT2D eigenvalue weighted by molar-refractivity contribution is 6.30. The average molecular weight is 386 g/mol. The minimum Gasteiger partial charge on any atom is -0.369 e. The Balaban J connectivity index is 1.57. The van der Waals surface area contributed by atoms with Crippen LogP contribution in [0.4, 0.5) is 11.4 Å². The number of ketones is 1. The third kappa shape index (κ3) is 4.87. The molecule has 1 N–H and O–H groups in total. The van der Waals surface area contributed by atoms with E-state index >= 15 is 0 Å². The van der Waals surface area contributed by atoms with Gasteiger partial charge in [-0.05, 0) is 44.2 Å². The van der Waals surface area contributed by atoms with E-state index in [0.29, 0.717) is 11.3 Å². The molecule has 3 rings (SSSR count). The first-order chi connectivity index (χ1) is 12.9. The first-order valence-electron chi connectivity index (χ1n) is 9.10. The van der Waals surface area contributed by atoms with E-state index in [1.165, 1.54) is 6.92 Å². The Hall–Kier alpha value is -2.37. The van der Waals surface area contributed by atoms with Crippen LogP contribution in [-0.2, 0) is 4.79 Å². The van der Waals surface area contributed by atoms with Crippen molar-refractivity contribution in [3.63, 3.8) is 0 Å². The number of Topliss-reactive ketones (excluding diaryl/α,β-unsaturated/α-hetero) is 1. The van der Waals surface area contributed by atoms with Gasteiger partial charge in [0.05, 0.1) is 6.04 Å². The fourth-order valence-electron chi connectivity index (χ4n) is 3.27.